The van der Waals surface area contributed by atoms with E-state index in [1.165, 1.54) is 6.20 Å². The summed E-state index contributed by atoms with van der Waals surface area (Å²) in [5, 5.41) is 0. The second-order valence-electron chi connectivity index (χ2n) is 7.91. The minimum Gasteiger partial charge on any atom is -0.305 e. The van der Waals surface area contributed by atoms with Crippen molar-refractivity contribution in [1.29, 1.82) is 0 Å². The summed E-state index contributed by atoms with van der Waals surface area (Å²) in [6, 6.07) is 32.0. The Morgan fingerprint density at radius 2 is 1.28 bits per heavy atom. The Morgan fingerprint density at radius 1 is 0.590 bits per heavy atom. The van der Waals surface area contributed by atoms with Gasteiger partial charge in [0.25, 0.3) is 0 Å². The van der Waals surface area contributed by atoms with Crippen molar-refractivity contribution in [1.82, 2.24) is 9.97 Å². The van der Waals surface area contributed by atoms with E-state index in [2.05, 4.69) is 16.0 Å². The van der Waals surface area contributed by atoms with Crippen LogP contribution in [-0.4, -0.2) is 9.97 Å². The van der Waals surface area contributed by atoms with E-state index in [-0.39, 0.29) is 31.4 Å². The summed E-state index contributed by atoms with van der Waals surface area (Å²) in [4.78, 5) is 8.28. The number of hydrogen-bond acceptors (Lipinski definition) is 2. The van der Waals surface area contributed by atoms with Gasteiger partial charge in [0.15, 0.2) is 0 Å². The van der Waals surface area contributed by atoms with Gasteiger partial charge in [0.2, 0.25) is 0 Å². The third kappa shape index (κ3) is 7.62. The number of rotatable bonds is 3. The van der Waals surface area contributed by atoms with E-state index >= 15 is 0 Å². The van der Waals surface area contributed by atoms with Crippen molar-refractivity contribution in [2.24, 2.45) is 0 Å². The van der Waals surface area contributed by atoms with Crippen molar-refractivity contribution < 1.29 is 46.4 Å². The first kappa shape index (κ1) is 29.7. The fraction of sp³-hybridized carbons (Fsp3) is 0.0667. The molecule has 2 nitrogen and oxygen atoms in total. The number of benzene rings is 3. The van der Waals surface area contributed by atoms with E-state index in [1.54, 1.807) is 48.7 Å². The summed E-state index contributed by atoms with van der Waals surface area (Å²) in [7, 11) is 0. The maximum Gasteiger partial charge on any atom is 0.400 e. The van der Waals surface area contributed by atoms with Gasteiger partial charge in [-0.15, -0.1) is 59.7 Å². The van der Waals surface area contributed by atoms with Crippen LogP contribution in [0.25, 0.3) is 33.6 Å². The van der Waals surface area contributed by atoms with Gasteiger partial charge in [-0.3, -0.25) is 0 Å². The second kappa shape index (κ2) is 12.8. The summed E-state index contributed by atoms with van der Waals surface area (Å²) < 4.78 is 78.2. The van der Waals surface area contributed by atoms with Crippen LogP contribution in [0.3, 0.4) is 0 Å². The van der Waals surface area contributed by atoms with E-state index in [1.807, 2.05) is 48.5 Å². The minimum atomic E-state index is -5.19. The molecule has 0 saturated carbocycles. The zero-order valence-electron chi connectivity index (χ0n) is 19.9. The molecule has 3 aromatic carbocycles. The van der Waals surface area contributed by atoms with Crippen molar-refractivity contribution in [3.8, 4) is 33.6 Å². The molecule has 0 amide bonds. The Bertz CT molecular complexity index is 1440. The van der Waals surface area contributed by atoms with E-state index in [0.29, 0.717) is 17.2 Å². The monoisotopic (exact) mass is 713 g/mol. The minimum absolute atomic E-state index is 0. The summed E-state index contributed by atoms with van der Waals surface area (Å²) in [5.74, 6) is 0. The predicted octanol–water partition coefficient (Wildman–Crippen LogP) is 8.80. The average Bonchev–Trinajstić information content (AvgIpc) is 2.94. The maximum absolute atomic E-state index is 13.1. The molecule has 0 bridgehead atoms. The first-order valence-electron chi connectivity index (χ1n) is 11.2. The maximum atomic E-state index is 13.1. The molecule has 0 aliphatic rings. The topological polar surface area (TPSA) is 25.8 Å². The molecule has 2 aromatic heterocycles. The van der Waals surface area contributed by atoms with Gasteiger partial charge in [-0.1, -0.05) is 48.5 Å². The van der Waals surface area contributed by atoms with Crippen LogP contribution >= 0.6 is 0 Å². The van der Waals surface area contributed by atoms with Crippen molar-refractivity contribution >= 4 is 0 Å². The molecule has 0 unspecified atom stereocenters. The number of pyridine rings is 2. The first-order valence-corrected chi connectivity index (χ1v) is 11.2. The Kier molecular flexibility index (Phi) is 9.78. The van der Waals surface area contributed by atoms with Gasteiger partial charge in [0.05, 0.1) is 0 Å². The zero-order chi connectivity index (χ0) is 27.2. The van der Waals surface area contributed by atoms with Crippen LogP contribution in [0.5, 0.6) is 0 Å². The number of halogens is 6. The van der Waals surface area contributed by atoms with Gasteiger partial charge >= 0.3 is 12.4 Å². The summed E-state index contributed by atoms with van der Waals surface area (Å²) >= 11 is 0. The van der Waals surface area contributed by atoms with Crippen molar-refractivity contribution in [3.05, 3.63) is 133 Å². The summed E-state index contributed by atoms with van der Waals surface area (Å²) in [6.07, 6.45) is -7.18. The molecule has 0 atom stereocenters. The molecule has 2 heterocycles. The Morgan fingerprint density at radius 3 is 1.90 bits per heavy atom. The quantitative estimate of drug-likeness (QED) is 0.138. The zero-order valence-corrected chi connectivity index (χ0v) is 22.3. The molecule has 0 spiro atoms. The van der Waals surface area contributed by atoms with Crippen molar-refractivity contribution in [3.63, 3.8) is 0 Å². The molecule has 39 heavy (non-hydrogen) atoms. The second-order valence-corrected chi connectivity index (χ2v) is 7.91. The molecule has 1 radical (unpaired) electrons. The average molecular weight is 713 g/mol. The first-order chi connectivity index (χ1) is 18.1. The van der Waals surface area contributed by atoms with Crippen LogP contribution < -0.4 is 0 Å². The van der Waals surface area contributed by atoms with Crippen LogP contribution in [-0.2, 0) is 32.5 Å². The normalized spacial score (nSPS) is 11.1. The molecular weight excluding hydrogens is 695 g/mol. The molecular formula is C30H18F6IrN2-2. The Balaban J connectivity index is 0.000000270. The largest absolute Gasteiger partial charge is 0.400 e. The molecule has 5 rings (SSSR count). The number of hydrogen-bond donors (Lipinski definition) is 0. The molecule has 5 aromatic rings. The van der Waals surface area contributed by atoms with Gasteiger partial charge in [-0.25, -0.2) is 0 Å². The molecule has 9 heteroatoms. The van der Waals surface area contributed by atoms with Crippen LogP contribution in [0.2, 0.25) is 0 Å². The Labute approximate surface area is 234 Å². The molecule has 0 aliphatic carbocycles. The summed E-state index contributed by atoms with van der Waals surface area (Å²) in [5.41, 5.74) is -0.480. The van der Waals surface area contributed by atoms with Crippen molar-refractivity contribution in [2.75, 3.05) is 0 Å². The molecule has 0 saturated heterocycles. The van der Waals surface area contributed by atoms with Crippen molar-refractivity contribution in [2.45, 2.75) is 12.4 Å². The fourth-order valence-electron chi connectivity index (χ4n) is 3.64. The smallest absolute Gasteiger partial charge is 0.305 e. The van der Waals surface area contributed by atoms with Gasteiger partial charge < -0.3 is 9.97 Å². The standard InChI is InChI=1S/C19H10F6N.C11H8N.Ir/c20-18(21,22)15-9-8-13(11-16(15)19(23,24)25)17-14(7-4-10-26-17)12-5-2-1-3-6-12;1-2-6-10(7-3-1)11-8-4-5-9-12-11;/h1-10H;1-6,8-9H;/q2*-1;. The number of aromatic nitrogens is 2. The van der Waals surface area contributed by atoms with Crippen LogP contribution in [0, 0.1) is 12.1 Å². The van der Waals surface area contributed by atoms with Gasteiger partial charge in [-0.05, 0) is 45.8 Å². The SMILES string of the molecule is FC(F)(F)c1[c-]c(-c2ncccc2-c2ccccc2)ccc1C(F)(F)F.[Ir].[c-]1ccccc1-c1ccccn1. The van der Waals surface area contributed by atoms with Gasteiger partial charge in [-0.2, -0.15) is 26.3 Å². The Hall–Kier alpha value is -3.81. The molecule has 0 aliphatic heterocycles. The van der Waals surface area contributed by atoms with E-state index < -0.39 is 23.5 Å². The predicted molar refractivity (Wildman–Crippen MR) is 132 cm³/mol. The molecule has 0 N–H and O–H groups in total. The third-order valence-corrected chi connectivity index (χ3v) is 5.33. The molecule has 201 valence electrons. The van der Waals surface area contributed by atoms with Gasteiger partial charge in [0, 0.05) is 32.5 Å². The van der Waals surface area contributed by atoms with E-state index in [0.717, 1.165) is 17.3 Å². The van der Waals surface area contributed by atoms with E-state index in [4.69, 9.17) is 0 Å². The van der Waals surface area contributed by atoms with Crippen LogP contribution in [0.1, 0.15) is 11.1 Å². The molecule has 0 fully saturated rings. The fourth-order valence-corrected chi connectivity index (χ4v) is 3.64. The van der Waals surface area contributed by atoms with Gasteiger partial charge in [0.1, 0.15) is 0 Å². The third-order valence-electron chi connectivity index (χ3n) is 5.33. The van der Waals surface area contributed by atoms with Crippen LogP contribution in [0.15, 0.2) is 109 Å². The summed E-state index contributed by atoms with van der Waals surface area (Å²) in [6.45, 7) is 0. The number of nitrogens with zero attached hydrogens (tertiary/aromatic N) is 2. The van der Waals surface area contributed by atoms with E-state index in [9.17, 15) is 26.3 Å². The van der Waals surface area contributed by atoms with Crippen LogP contribution in [0.4, 0.5) is 26.3 Å². The number of alkyl halides is 6.